The molecule has 23 heavy (non-hydrogen) atoms. The number of rotatable bonds is 6. The van der Waals surface area contributed by atoms with Crippen LogP contribution in [0.1, 0.15) is 23.6 Å². The summed E-state index contributed by atoms with van der Waals surface area (Å²) >= 11 is 5.96. The topological polar surface area (TPSA) is 88.5 Å². The number of nitrogens with zero attached hydrogens (tertiary/aromatic N) is 1. The minimum absolute atomic E-state index is 0.0905. The van der Waals surface area contributed by atoms with Gasteiger partial charge in [-0.05, 0) is 11.6 Å². The molecule has 2 rings (SSSR count). The van der Waals surface area contributed by atoms with E-state index in [2.05, 4.69) is 10.3 Å². The molecule has 1 atom stereocenters. The van der Waals surface area contributed by atoms with E-state index in [9.17, 15) is 9.59 Å². The van der Waals surface area contributed by atoms with Crippen LogP contribution in [0.4, 0.5) is 4.79 Å². The van der Waals surface area contributed by atoms with Gasteiger partial charge in [-0.15, -0.1) is 0 Å². The maximum atomic E-state index is 11.9. The summed E-state index contributed by atoms with van der Waals surface area (Å²) in [5, 5.41) is 11.7. The number of aliphatic carboxylic acids is 1. The quantitative estimate of drug-likeness (QED) is 0.792. The molecule has 0 bridgehead atoms. The number of benzene rings is 1. The van der Waals surface area contributed by atoms with Crippen LogP contribution in [-0.4, -0.2) is 22.2 Å². The van der Waals surface area contributed by atoms with E-state index in [1.54, 1.807) is 12.1 Å². The van der Waals surface area contributed by atoms with Gasteiger partial charge in [0.05, 0.1) is 12.5 Å². The Hall–Kier alpha value is -2.60. The highest BCUT2D eigenvalue weighted by molar-refractivity contribution is 6.30. The van der Waals surface area contributed by atoms with Gasteiger partial charge in [0.2, 0.25) is 0 Å². The van der Waals surface area contributed by atoms with Crippen molar-refractivity contribution in [1.29, 1.82) is 0 Å². The number of carboxylic acids is 1. The Balaban J connectivity index is 2.01. The number of halogens is 1. The van der Waals surface area contributed by atoms with Crippen LogP contribution in [0, 0.1) is 0 Å². The molecular weight excluding hydrogens is 320 g/mol. The number of carboxylic acid groups (broad SMARTS) is 1. The van der Waals surface area contributed by atoms with Gasteiger partial charge >= 0.3 is 12.1 Å². The molecule has 1 heterocycles. The predicted molar refractivity (Wildman–Crippen MR) is 84.0 cm³/mol. The Morgan fingerprint density at radius 1 is 1.22 bits per heavy atom. The van der Waals surface area contributed by atoms with Crippen LogP contribution in [-0.2, 0) is 16.1 Å². The Bertz CT molecular complexity index is 679. The number of carbonyl (C=O) groups excluding carboxylic acids is 1. The van der Waals surface area contributed by atoms with Gasteiger partial charge in [0.25, 0.3) is 0 Å². The Morgan fingerprint density at radius 3 is 2.61 bits per heavy atom. The van der Waals surface area contributed by atoms with Crippen molar-refractivity contribution in [2.45, 2.75) is 19.1 Å². The number of alkyl carbamates (subject to hydrolysis) is 1. The molecule has 0 radical (unpaired) electrons. The first-order chi connectivity index (χ1) is 11.1. The molecule has 0 saturated heterocycles. The molecule has 6 nitrogen and oxygen atoms in total. The van der Waals surface area contributed by atoms with E-state index in [1.807, 2.05) is 30.3 Å². The summed E-state index contributed by atoms with van der Waals surface area (Å²) in [6.07, 6.45) is 0.434. The van der Waals surface area contributed by atoms with E-state index in [0.29, 0.717) is 5.56 Å². The van der Waals surface area contributed by atoms with E-state index in [1.165, 1.54) is 6.20 Å². The van der Waals surface area contributed by atoms with Crippen LogP contribution in [0.25, 0.3) is 0 Å². The molecule has 0 aliphatic rings. The molecule has 0 fully saturated rings. The lowest BCUT2D eigenvalue weighted by Gasteiger charge is -2.18. The highest BCUT2D eigenvalue weighted by Gasteiger charge is 2.21. The van der Waals surface area contributed by atoms with Crippen molar-refractivity contribution in [3.63, 3.8) is 0 Å². The van der Waals surface area contributed by atoms with Crippen LogP contribution in [0.5, 0.6) is 0 Å². The minimum Gasteiger partial charge on any atom is -0.481 e. The number of aromatic nitrogens is 1. The predicted octanol–water partition coefficient (Wildman–Crippen LogP) is 3.18. The fourth-order valence-electron chi connectivity index (χ4n) is 1.98. The largest absolute Gasteiger partial charge is 0.481 e. The van der Waals surface area contributed by atoms with Crippen LogP contribution in [0.15, 0.2) is 48.7 Å². The molecule has 0 aliphatic carbocycles. The van der Waals surface area contributed by atoms with Crippen molar-refractivity contribution in [1.82, 2.24) is 10.3 Å². The SMILES string of the molecule is O=C(O)C[C@@H](NC(=O)OCc1ccccc1)c1cccnc1Cl. The van der Waals surface area contributed by atoms with Gasteiger partial charge < -0.3 is 15.2 Å². The zero-order chi connectivity index (χ0) is 16.7. The number of pyridine rings is 1. The third-order valence-corrected chi connectivity index (χ3v) is 3.36. The molecule has 0 saturated carbocycles. The molecule has 1 amide bonds. The Morgan fingerprint density at radius 2 is 1.96 bits per heavy atom. The van der Waals surface area contributed by atoms with Crippen molar-refractivity contribution < 1.29 is 19.4 Å². The second-order valence-corrected chi connectivity index (χ2v) is 5.10. The Labute approximate surface area is 138 Å². The summed E-state index contributed by atoms with van der Waals surface area (Å²) in [4.78, 5) is 26.8. The van der Waals surface area contributed by atoms with E-state index in [-0.39, 0.29) is 18.2 Å². The molecule has 0 aliphatic heterocycles. The highest BCUT2D eigenvalue weighted by atomic mass is 35.5. The van der Waals surface area contributed by atoms with Crippen molar-refractivity contribution in [2.24, 2.45) is 0 Å². The lowest BCUT2D eigenvalue weighted by atomic mass is 10.1. The van der Waals surface area contributed by atoms with Crippen LogP contribution in [0.2, 0.25) is 5.15 Å². The third-order valence-electron chi connectivity index (χ3n) is 3.05. The first-order valence-electron chi connectivity index (χ1n) is 6.85. The molecule has 120 valence electrons. The third kappa shape index (κ3) is 5.27. The van der Waals surface area contributed by atoms with Crippen molar-refractivity contribution in [3.05, 3.63) is 64.9 Å². The summed E-state index contributed by atoms with van der Waals surface area (Å²) < 4.78 is 5.10. The van der Waals surface area contributed by atoms with Crippen LogP contribution in [0.3, 0.4) is 0 Å². The lowest BCUT2D eigenvalue weighted by Crippen LogP contribution is -2.31. The van der Waals surface area contributed by atoms with Crippen LogP contribution >= 0.6 is 11.6 Å². The lowest BCUT2D eigenvalue weighted by molar-refractivity contribution is -0.137. The van der Waals surface area contributed by atoms with Gasteiger partial charge in [0.1, 0.15) is 11.8 Å². The van der Waals surface area contributed by atoms with Crippen molar-refractivity contribution in [3.8, 4) is 0 Å². The summed E-state index contributed by atoms with van der Waals surface area (Å²) in [5.41, 5.74) is 1.25. The second kappa shape index (κ2) is 8.14. The number of amides is 1. The monoisotopic (exact) mass is 334 g/mol. The summed E-state index contributed by atoms with van der Waals surface area (Å²) in [6.45, 7) is 0.0905. The molecule has 1 aromatic heterocycles. The number of carbonyl (C=O) groups is 2. The van der Waals surface area contributed by atoms with E-state index in [0.717, 1.165) is 5.56 Å². The van der Waals surface area contributed by atoms with Gasteiger partial charge in [-0.25, -0.2) is 9.78 Å². The Kier molecular flexibility index (Phi) is 5.94. The zero-order valence-electron chi connectivity index (χ0n) is 12.1. The average molecular weight is 335 g/mol. The average Bonchev–Trinajstić information content (AvgIpc) is 2.53. The van der Waals surface area contributed by atoms with E-state index in [4.69, 9.17) is 21.4 Å². The molecule has 2 N–H and O–H groups in total. The van der Waals surface area contributed by atoms with Gasteiger partial charge in [-0.2, -0.15) is 0 Å². The van der Waals surface area contributed by atoms with Gasteiger partial charge in [-0.3, -0.25) is 4.79 Å². The molecule has 7 heteroatoms. The van der Waals surface area contributed by atoms with Gasteiger partial charge in [-0.1, -0.05) is 48.0 Å². The number of ether oxygens (including phenoxy) is 1. The van der Waals surface area contributed by atoms with Gasteiger partial charge in [0.15, 0.2) is 0 Å². The second-order valence-electron chi connectivity index (χ2n) is 4.74. The van der Waals surface area contributed by atoms with E-state index < -0.39 is 18.1 Å². The highest BCUT2D eigenvalue weighted by Crippen LogP contribution is 2.23. The standard InChI is InChI=1S/C16H15ClN2O4/c17-15-12(7-4-8-18-15)13(9-14(20)21)19-16(22)23-10-11-5-2-1-3-6-11/h1-8,13H,9-10H2,(H,19,22)(H,20,21)/t13-/m1/s1. The van der Waals surface area contributed by atoms with Gasteiger partial charge in [0, 0.05) is 11.8 Å². The normalized spacial score (nSPS) is 11.5. The maximum Gasteiger partial charge on any atom is 0.407 e. The first kappa shape index (κ1) is 16.8. The molecular formula is C16H15ClN2O4. The number of hydrogen-bond donors (Lipinski definition) is 2. The molecule has 2 aromatic rings. The fraction of sp³-hybridized carbons (Fsp3) is 0.188. The summed E-state index contributed by atoms with van der Waals surface area (Å²) in [5.74, 6) is -1.07. The molecule has 1 aromatic carbocycles. The van der Waals surface area contributed by atoms with Crippen molar-refractivity contribution >= 4 is 23.7 Å². The van der Waals surface area contributed by atoms with E-state index >= 15 is 0 Å². The fourth-order valence-corrected chi connectivity index (χ4v) is 2.23. The molecule has 0 unspecified atom stereocenters. The number of nitrogens with one attached hydrogen (secondary N) is 1. The summed E-state index contributed by atoms with van der Waals surface area (Å²) in [6, 6.07) is 11.6. The zero-order valence-corrected chi connectivity index (χ0v) is 12.9. The first-order valence-corrected chi connectivity index (χ1v) is 7.23. The van der Waals surface area contributed by atoms with Crippen LogP contribution < -0.4 is 5.32 Å². The smallest absolute Gasteiger partial charge is 0.407 e. The maximum absolute atomic E-state index is 11.9. The minimum atomic E-state index is -1.07. The number of hydrogen-bond acceptors (Lipinski definition) is 4. The van der Waals surface area contributed by atoms with Crippen molar-refractivity contribution in [2.75, 3.05) is 0 Å². The molecule has 0 spiro atoms. The summed E-state index contributed by atoms with van der Waals surface area (Å²) in [7, 11) is 0.